The van der Waals surface area contributed by atoms with E-state index in [2.05, 4.69) is 22.4 Å². The molecule has 34 heavy (non-hydrogen) atoms. The van der Waals surface area contributed by atoms with Crippen LogP contribution in [0.25, 0.3) is 10.9 Å². The Labute approximate surface area is 210 Å². The van der Waals surface area contributed by atoms with Crippen LogP contribution in [0.4, 0.5) is 5.69 Å². The standard InChI is InChI=1S/C24H25N3O4.2ClH.H2O/c28-23(15-27-14-4-3-7-22(27)24(29)30)26-18-10-12-20(13-11-18)31-16-19-9-8-17-5-1-2-6-21(17)25-19;;;/h1-2,5-6,8-13,22H,3-4,7,14-16H2,(H,26,28)(H,29,30);2*1H;1H2. The topological polar surface area (TPSA) is 126 Å². The second-order valence-corrected chi connectivity index (χ2v) is 7.90. The number of para-hydroxylation sites is 1. The molecule has 0 radical (unpaired) electrons. The predicted molar refractivity (Wildman–Crippen MR) is 119 cm³/mol. The van der Waals surface area contributed by atoms with Crippen molar-refractivity contribution < 1.29 is 59.6 Å². The number of piperidine rings is 1. The summed E-state index contributed by atoms with van der Waals surface area (Å²) in [4.78, 5) is 28.0. The number of fused-ring (bicyclic) bond motifs is 1. The fraction of sp³-hybridized carbons (Fsp3) is 0.292. The van der Waals surface area contributed by atoms with Crippen molar-refractivity contribution >= 4 is 28.5 Å². The van der Waals surface area contributed by atoms with Crippen LogP contribution < -0.4 is 44.8 Å². The first kappa shape index (κ1) is 29.1. The highest BCUT2D eigenvalue weighted by Gasteiger charge is 2.33. The molecule has 1 aromatic heterocycles. The van der Waals surface area contributed by atoms with E-state index in [-0.39, 0.29) is 42.7 Å². The molecule has 1 aliphatic rings. The first-order valence-corrected chi connectivity index (χ1v) is 10.6. The van der Waals surface area contributed by atoms with E-state index < -0.39 is 12.0 Å². The molecule has 0 bridgehead atoms. The van der Waals surface area contributed by atoms with Crippen LogP contribution in [-0.4, -0.2) is 41.6 Å². The van der Waals surface area contributed by atoms with Crippen molar-refractivity contribution in [2.45, 2.75) is 31.9 Å². The highest BCUT2D eigenvalue weighted by Crippen LogP contribution is 2.17. The summed E-state index contributed by atoms with van der Waals surface area (Å²) in [5.74, 6) is -0.303. The number of aromatic amines is 1. The van der Waals surface area contributed by atoms with Gasteiger partial charge < -0.3 is 50.4 Å². The molecule has 0 spiro atoms. The molecule has 184 valence electrons. The van der Waals surface area contributed by atoms with Gasteiger partial charge in [0.15, 0.2) is 19.2 Å². The fourth-order valence-corrected chi connectivity index (χ4v) is 4.04. The molecule has 1 amide bonds. The number of carboxylic acids is 1. The summed E-state index contributed by atoms with van der Waals surface area (Å²) in [6.07, 6.45) is 2.48. The number of carbonyl (C=O) groups is 2. The average molecular weight is 510 g/mol. The number of carboxylic acid groups (broad SMARTS) is 1. The minimum absolute atomic E-state index is 0. The molecule has 2 heterocycles. The molecule has 3 aromatic rings. The maximum Gasteiger partial charge on any atom is 0.362 e. The van der Waals surface area contributed by atoms with Gasteiger partial charge in [0.25, 0.3) is 5.91 Å². The third kappa shape index (κ3) is 7.56. The van der Waals surface area contributed by atoms with E-state index >= 15 is 0 Å². The Morgan fingerprint density at radius 1 is 1.03 bits per heavy atom. The minimum Gasteiger partial charge on any atom is -1.00 e. The number of quaternary nitrogens is 1. The number of amides is 1. The largest absolute Gasteiger partial charge is 1.00 e. The van der Waals surface area contributed by atoms with Crippen molar-refractivity contribution in [3.63, 3.8) is 0 Å². The van der Waals surface area contributed by atoms with Crippen molar-refractivity contribution in [1.82, 2.24) is 0 Å². The van der Waals surface area contributed by atoms with Gasteiger partial charge in [0.2, 0.25) is 11.2 Å². The molecule has 2 unspecified atom stereocenters. The van der Waals surface area contributed by atoms with Gasteiger partial charge in [-0.3, -0.25) is 4.79 Å². The van der Waals surface area contributed by atoms with Crippen molar-refractivity contribution in [2.75, 3.05) is 18.4 Å². The minimum atomic E-state index is -0.826. The maximum absolute atomic E-state index is 12.4. The van der Waals surface area contributed by atoms with Crippen LogP contribution >= 0.6 is 0 Å². The van der Waals surface area contributed by atoms with Crippen molar-refractivity contribution in [3.8, 4) is 5.75 Å². The Bertz CT molecular complexity index is 1080. The summed E-state index contributed by atoms with van der Waals surface area (Å²) in [5, 5.41) is 13.4. The highest BCUT2D eigenvalue weighted by molar-refractivity contribution is 5.91. The number of hydrogen-bond acceptors (Lipinski definition) is 3. The second kappa shape index (κ2) is 13.7. The average Bonchev–Trinajstić information content (AvgIpc) is 2.78. The van der Waals surface area contributed by atoms with E-state index in [1.807, 2.05) is 36.4 Å². The van der Waals surface area contributed by atoms with E-state index in [9.17, 15) is 14.7 Å². The maximum atomic E-state index is 12.4. The van der Waals surface area contributed by atoms with Crippen LogP contribution in [0.2, 0.25) is 0 Å². The van der Waals surface area contributed by atoms with Crippen LogP contribution in [0.3, 0.4) is 0 Å². The van der Waals surface area contributed by atoms with E-state index in [1.54, 1.807) is 12.1 Å². The number of aliphatic carboxylic acids is 1. The molecule has 2 aromatic carbocycles. The summed E-state index contributed by atoms with van der Waals surface area (Å²) >= 11 is 0. The van der Waals surface area contributed by atoms with Crippen LogP contribution in [0, 0.1) is 0 Å². The molecule has 8 nitrogen and oxygen atoms in total. The summed E-state index contributed by atoms with van der Waals surface area (Å²) in [5.41, 5.74) is 2.69. The molecule has 6 N–H and O–H groups in total. The molecule has 0 saturated carbocycles. The Kier molecular flexibility index (Phi) is 11.7. The smallest absolute Gasteiger partial charge is 0.362 e. The van der Waals surface area contributed by atoms with Gasteiger partial charge in [-0.25, -0.2) is 9.78 Å². The van der Waals surface area contributed by atoms with Gasteiger partial charge >= 0.3 is 5.97 Å². The van der Waals surface area contributed by atoms with Gasteiger partial charge in [-0.15, -0.1) is 0 Å². The van der Waals surface area contributed by atoms with Crippen molar-refractivity contribution in [2.24, 2.45) is 0 Å². The summed E-state index contributed by atoms with van der Waals surface area (Å²) < 4.78 is 5.85. The van der Waals surface area contributed by atoms with E-state index in [4.69, 9.17) is 4.74 Å². The van der Waals surface area contributed by atoms with Crippen molar-refractivity contribution in [1.29, 1.82) is 0 Å². The number of anilines is 1. The molecule has 0 aliphatic carbocycles. The summed E-state index contributed by atoms with van der Waals surface area (Å²) in [6, 6.07) is 18.8. The Morgan fingerprint density at radius 2 is 1.76 bits per heavy atom. The monoisotopic (exact) mass is 509 g/mol. The number of rotatable bonds is 7. The second-order valence-electron chi connectivity index (χ2n) is 7.90. The fourth-order valence-electron chi connectivity index (χ4n) is 4.04. The number of aromatic nitrogens is 1. The number of benzene rings is 2. The van der Waals surface area contributed by atoms with E-state index in [1.165, 1.54) is 0 Å². The number of H-pyrrole nitrogens is 1. The van der Waals surface area contributed by atoms with Crippen LogP contribution in [0.5, 0.6) is 5.75 Å². The normalized spacial score (nSPS) is 16.8. The zero-order valence-corrected chi connectivity index (χ0v) is 20.0. The van der Waals surface area contributed by atoms with Crippen molar-refractivity contribution in [3.05, 3.63) is 66.4 Å². The molecule has 1 saturated heterocycles. The quantitative estimate of drug-likeness (QED) is 0.294. The highest BCUT2D eigenvalue weighted by atomic mass is 35.5. The van der Waals surface area contributed by atoms with Gasteiger partial charge in [0.05, 0.1) is 6.54 Å². The lowest BCUT2D eigenvalue weighted by Crippen LogP contribution is -3.18. The lowest BCUT2D eigenvalue weighted by atomic mass is 10.0. The predicted octanol–water partition coefficient (Wildman–Crippen LogP) is -5.12. The van der Waals surface area contributed by atoms with Gasteiger partial charge in [-0.1, -0.05) is 12.1 Å². The SMILES string of the molecule is O.O=C(C[NH+]1CCCCC1C(=O)O)Nc1ccc(OCc2ccc3ccccc3[nH+]2)cc1.[Cl-].[Cl-]. The number of carbonyl (C=O) groups excluding carboxylic acids is 1. The first-order valence-electron chi connectivity index (χ1n) is 10.6. The molecular weight excluding hydrogens is 481 g/mol. The number of halogens is 2. The third-order valence-electron chi connectivity index (χ3n) is 5.67. The van der Waals surface area contributed by atoms with Crippen LogP contribution in [-0.2, 0) is 16.2 Å². The van der Waals surface area contributed by atoms with Gasteiger partial charge in [0, 0.05) is 29.6 Å². The lowest BCUT2D eigenvalue weighted by molar-refractivity contribution is -0.914. The summed E-state index contributed by atoms with van der Waals surface area (Å²) in [6.45, 7) is 1.28. The number of likely N-dealkylation sites (tertiary alicyclic amines) is 1. The Hall–Kier alpha value is -2.91. The Morgan fingerprint density at radius 3 is 2.50 bits per heavy atom. The number of nitrogens with one attached hydrogen (secondary N) is 3. The molecule has 2 atom stereocenters. The zero-order chi connectivity index (χ0) is 21.6. The summed E-state index contributed by atoms with van der Waals surface area (Å²) in [7, 11) is 0. The first-order chi connectivity index (χ1) is 15.1. The zero-order valence-electron chi connectivity index (χ0n) is 18.5. The molecular formula is C24H29Cl2N3O5. The van der Waals surface area contributed by atoms with E-state index in [0.717, 1.165) is 34.3 Å². The molecule has 10 heteroatoms. The van der Waals surface area contributed by atoms with E-state index in [0.29, 0.717) is 31.0 Å². The third-order valence-corrected chi connectivity index (χ3v) is 5.67. The molecule has 4 rings (SSSR count). The van der Waals surface area contributed by atoms with Crippen LogP contribution in [0.15, 0.2) is 60.7 Å². The number of pyridine rings is 1. The lowest BCUT2D eigenvalue weighted by Gasteiger charge is -2.29. The van der Waals surface area contributed by atoms with Gasteiger partial charge in [0.1, 0.15) is 5.75 Å². The number of ether oxygens (including phenoxy) is 1. The van der Waals surface area contributed by atoms with Gasteiger partial charge in [-0.05, 0) is 49.2 Å². The number of hydrogen-bond donors (Lipinski definition) is 3. The van der Waals surface area contributed by atoms with Gasteiger partial charge in [-0.2, -0.15) is 0 Å². The molecule has 1 fully saturated rings. The Balaban J connectivity index is 0.00000193. The molecule has 1 aliphatic heterocycles. The van der Waals surface area contributed by atoms with Crippen LogP contribution in [0.1, 0.15) is 25.0 Å².